The Morgan fingerprint density at radius 2 is 2.31 bits per heavy atom. The molecule has 0 aromatic carbocycles. The molecule has 1 aromatic rings. The fourth-order valence-electron chi connectivity index (χ4n) is 2.94. The summed E-state index contributed by atoms with van der Waals surface area (Å²) < 4.78 is 0. The lowest BCUT2D eigenvalue weighted by Gasteiger charge is -2.21. The minimum Gasteiger partial charge on any atom is -0.350 e. The average Bonchev–Trinajstić information content (AvgIpc) is 2.83. The highest BCUT2D eigenvalue weighted by Gasteiger charge is 2.37. The third-order valence-corrected chi connectivity index (χ3v) is 3.72. The van der Waals surface area contributed by atoms with Crippen LogP contribution in [0.4, 0.5) is 5.95 Å². The Morgan fingerprint density at radius 1 is 1.38 bits per heavy atom. The summed E-state index contributed by atoms with van der Waals surface area (Å²) in [6.45, 7) is 4.51. The molecular weight excluding hydrogens is 200 g/mol. The van der Waals surface area contributed by atoms with Crippen LogP contribution in [0.1, 0.15) is 25.0 Å². The molecule has 0 bridgehead atoms. The van der Waals surface area contributed by atoms with Crippen LogP contribution >= 0.6 is 0 Å². The number of aromatic nitrogens is 2. The summed E-state index contributed by atoms with van der Waals surface area (Å²) in [6.07, 6.45) is 5.72. The third-order valence-electron chi connectivity index (χ3n) is 3.72. The fourth-order valence-corrected chi connectivity index (χ4v) is 2.94. The predicted molar refractivity (Wildman–Crippen MR) is 63.4 cm³/mol. The zero-order chi connectivity index (χ0) is 11.0. The maximum Gasteiger partial charge on any atom is 0.223 e. The zero-order valence-electron chi connectivity index (χ0n) is 9.69. The zero-order valence-corrected chi connectivity index (χ0v) is 9.69. The van der Waals surface area contributed by atoms with Crippen molar-refractivity contribution in [2.75, 3.05) is 18.4 Å². The number of anilines is 1. The van der Waals surface area contributed by atoms with Crippen molar-refractivity contribution in [1.82, 2.24) is 14.9 Å². The van der Waals surface area contributed by atoms with E-state index >= 15 is 0 Å². The van der Waals surface area contributed by atoms with Gasteiger partial charge in [-0.3, -0.25) is 4.90 Å². The number of nitrogens with one attached hydrogen (secondary N) is 1. The molecule has 0 amide bonds. The third kappa shape index (κ3) is 1.78. The van der Waals surface area contributed by atoms with Gasteiger partial charge in [0.25, 0.3) is 0 Å². The molecule has 0 saturated carbocycles. The standard InChI is InChI=1S/C12H18N4/c1-9-4-6-13-12(14-9)15-10-5-8-16-7-2-3-11(10)16/h4,6,10-11H,2-3,5,7-8H2,1H3,(H,13,14,15). The lowest BCUT2D eigenvalue weighted by atomic mass is 10.1. The van der Waals surface area contributed by atoms with Gasteiger partial charge in [0.1, 0.15) is 0 Å². The molecule has 0 spiro atoms. The van der Waals surface area contributed by atoms with Crippen molar-refractivity contribution < 1.29 is 0 Å². The molecule has 86 valence electrons. The van der Waals surface area contributed by atoms with Crippen molar-refractivity contribution in [1.29, 1.82) is 0 Å². The quantitative estimate of drug-likeness (QED) is 0.815. The lowest BCUT2D eigenvalue weighted by Crippen LogP contribution is -2.34. The molecule has 4 heteroatoms. The Kier molecular flexibility index (Phi) is 2.52. The van der Waals surface area contributed by atoms with Crippen LogP contribution < -0.4 is 5.32 Å². The Labute approximate surface area is 96.1 Å². The van der Waals surface area contributed by atoms with Gasteiger partial charge in [-0.05, 0) is 38.8 Å². The molecular formula is C12H18N4. The molecule has 0 radical (unpaired) electrons. The molecule has 2 aliphatic heterocycles. The normalized spacial score (nSPS) is 29.3. The number of fused-ring (bicyclic) bond motifs is 1. The topological polar surface area (TPSA) is 41.1 Å². The average molecular weight is 218 g/mol. The first-order valence-corrected chi connectivity index (χ1v) is 6.13. The van der Waals surface area contributed by atoms with E-state index in [1.165, 1.54) is 32.4 Å². The summed E-state index contributed by atoms with van der Waals surface area (Å²) in [5.74, 6) is 0.791. The summed E-state index contributed by atoms with van der Waals surface area (Å²) in [5, 5.41) is 3.49. The highest BCUT2D eigenvalue weighted by atomic mass is 15.3. The van der Waals surface area contributed by atoms with E-state index < -0.39 is 0 Å². The summed E-state index contributed by atoms with van der Waals surface area (Å²) in [7, 11) is 0. The summed E-state index contributed by atoms with van der Waals surface area (Å²) >= 11 is 0. The van der Waals surface area contributed by atoms with Gasteiger partial charge in [0.05, 0.1) is 0 Å². The van der Waals surface area contributed by atoms with Crippen molar-refractivity contribution in [3.05, 3.63) is 18.0 Å². The van der Waals surface area contributed by atoms with E-state index in [0.717, 1.165) is 11.6 Å². The molecule has 1 N–H and O–H groups in total. The lowest BCUT2D eigenvalue weighted by molar-refractivity contribution is 0.318. The molecule has 3 rings (SSSR count). The van der Waals surface area contributed by atoms with Gasteiger partial charge < -0.3 is 5.32 Å². The van der Waals surface area contributed by atoms with E-state index in [9.17, 15) is 0 Å². The number of rotatable bonds is 2. The van der Waals surface area contributed by atoms with Gasteiger partial charge in [-0.2, -0.15) is 0 Å². The molecule has 0 aliphatic carbocycles. The molecule has 2 atom stereocenters. The van der Waals surface area contributed by atoms with Crippen molar-refractivity contribution in [2.24, 2.45) is 0 Å². The minimum absolute atomic E-state index is 0.546. The molecule has 2 aliphatic rings. The highest BCUT2D eigenvalue weighted by Crippen LogP contribution is 2.29. The van der Waals surface area contributed by atoms with E-state index in [4.69, 9.17) is 0 Å². The van der Waals surface area contributed by atoms with E-state index in [-0.39, 0.29) is 0 Å². The van der Waals surface area contributed by atoms with Crippen LogP contribution in [0.2, 0.25) is 0 Å². The Morgan fingerprint density at radius 3 is 3.19 bits per heavy atom. The molecule has 1 aromatic heterocycles. The summed E-state index contributed by atoms with van der Waals surface area (Å²) in [4.78, 5) is 11.3. The van der Waals surface area contributed by atoms with Gasteiger partial charge in [0.15, 0.2) is 0 Å². The fraction of sp³-hybridized carbons (Fsp3) is 0.667. The first-order chi connectivity index (χ1) is 7.83. The van der Waals surface area contributed by atoms with Gasteiger partial charge in [-0.1, -0.05) is 0 Å². The minimum atomic E-state index is 0.546. The SMILES string of the molecule is Cc1ccnc(NC2CCN3CCCC23)n1. The van der Waals surface area contributed by atoms with E-state index in [2.05, 4.69) is 20.2 Å². The number of hydrogen-bond donors (Lipinski definition) is 1. The van der Waals surface area contributed by atoms with Gasteiger partial charge in [-0.25, -0.2) is 9.97 Å². The van der Waals surface area contributed by atoms with Gasteiger partial charge in [0.2, 0.25) is 5.95 Å². The first kappa shape index (κ1) is 10.0. The maximum atomic E-state index is 4.41. The largest absolute Gasteiger partial charge is 0.350 e. The van der Waals surface area contributed by atoms with E-state index in [0.29, 0.717) is 12.1 Å². The number of aryl methyl sites for hydroxylation is 1. The van der Waals surface area contributed by atoms with Crippen LogP contribution in [-0.2, 0) is 0 Å². The van der Waals surface area contributed by atoms with Crippen molar-refractivity contribution in [3.63, 3.8) is 0 Å². The second-order valence-electron chi connectivity index (χ2n) is 4.81. The molecule has 2 unspecified atom stereocenters. The second-order valence-corrected chi connectivity index (χ2v) is 4.81. The van der Waals surface area contributed by atoms with Crippen LogP contribution in [0.25, 0.3) is 0 Å². The molecule has 16 heavy (non-hydrogen) atoms. The van der Waals surface area contributed by atoms with Crippen LogP contribution in [-0.4, -0.2) is 40.0 Å². The van der Waals surface area contributed by atoms with Crippen LogP contribution in [0.3, 0.4) is 0 Å². The number of nitrogens with zero attached hydrogens (tertiary/aromatic N) is 3. The van der Waals surface area contributed by atoms with E-state index in [1.807, 2.05) is 19.2 Å². The van der Waals surface area contributed by atoms with Crippen LogP contribution in [0.15, 0.2) is 12.3 Å². The molecule has 2 fully saturated rings. The Balaban J connectivity index is 1.71. The highest BCUT2D eigenvalue weighted by molar-refractivity contribution is 5.28. The van der Waals surface area contributed by atoms with Gasteiger partial charge in [0, 0.05) is 30.5 Å². The number of hydrogen-bond acceptors (Lipinski definition) is 4. The van der Waals surface area contributed by atoms with Crippen molar-refractivity contribution in [3.8, 4) is 0 Å². The van der Waals surface area contributed by atoms with E-state index in [1.54, 1.807) is 0 Å². The molecule has 3 heterocycles. The Bertz CT molecular complexity index is 379. The monoisotopic (exact) mass is 218 g/mol. The smallest absolute Gasteiger partial charge is 0.223 e. The van der Waals surface area contributed by atoms with Gasteiger partial charge >= 0.3 is 0 Å². The predicted octanol–water partition coefficient (Wildman–Crippen LogP) is 1.43. The van der Waals surface area contributed by atoms with Crippen LogP contribution in [0.5, 0.6) is 0 Å². The second kappa shape index (κ2) is 4.01. The first-order valence-electron chi connectivity index (χ1n) is 6.13. The summed E-state index contributed by atoms with van der Waals surface area (Å²) in [6, 6.07) is 3.19. The maximum absolute atomic E-state index is 4.41. The molecule has 4 nitrogen and oxygen atoms in total. The van der Waals surface area contributed by atoms with Crippen molar-refractivity contribution >= 4 is 5.95 Å². The Hall–Kier alpha value is -1.16. The van der Waals surface area contributed by atoms with Crippen LogP contribution in [0, 0.1) is 6.92 Å². The van der Waals surface area contributed by atoms with Crippen molar-refractivity contribution in [2.45, 2.75) is 38.3 Å². The van der Waals surface area contributed by atoms with Gasteiger partial charge in [-0.15, -0.1) is 0 Å². The summed E-state index contributed by atoms with van der Waals surface area (Å²) in [5.41, 5.74) is 1.03. The molecule has 2 saturated heterocycles.